The highest BCUT2D eigenvalue weighted by Crippen LogP contribution is 2.36. The third-order valence-electron chi connectivity index (χ3n) is 6.91. The van der Waals surface area contributed by atoms with Gasteiger partial charge in [-0.05, 0) is 56.8 Å². The van der Waals surface area contributed by atoms with Crippen LogP contribution in [-0.2, 0) is 30.9 Å². The molecular formula is C24H35N5O2. The highest BCUT2D eigenvalue weighted by atomic mass is 16.5. The van der Waals surface area contributed by atoms with Crippen molar-refractivity contribution in [3.8, 4) is 0 Å². The van der Waals surface area contributed by atoms with Gasteiger partial charge in [0.05, 0.1) is 6.61 Å². The van der Waals surface area contributed by atoms with Gasteiger partial charge in [0, 0.05) is 24.5 Å². The van der Waals surface area contributed by atoms with E-state index in [0.717, 1.165) is 57.7 Å². The van der Waals surface area contributed by atoms with Crippen LogP contribution in [0.3, 0.4) is 0 Å². The van der Waals surface area contributed by atoms with Gasteiger partial charge in [0.25, 0.3) is 5.91 Å². The molecule has 0 saturated carbocycles. The lowest BCUT2D eigenvalue weighted by Crippen LogP contribution is -2.44. The maximum atomic E-state index is 12.7. The lowest BCUT2D eigenvalue weighted by Gasteiger charge is -2.41. The van der Waals surface area contributed by atoms with E-state index < -0.39 is 0 Å². The van der Waals surface area contributed by atoms with Crippen molar-refractivity contribution in [2.24, 2.45) is 5.41 Å². The van der Waals surface area contributed by atoms with E-state index >= 15 is 0 Å². The largest absolute Gasteiger partial charge is 0.373 e. The molecule has 0 unspecified atom stereocenters. The standard InChI is InChI=1S/C24H35N5O2/c1-4-18(3)25-23(30)22-27-26-21-15-31-17-24(16-29(21)22)10-12-28(13-11-24)14-20-8-6-19(5-2)7-9-20/h6-9,18H,4-5,10-17H2,1-3H3,(H,25,30)/t18-/m1/s1. The molecule has 1 N–H and O–H groups in total. The average Bonchev–Trinajstić information content (AvgIpc) is 3.09. The summed E-state index contributed by atoms with van der Waals surface area (Å²) in [6.07, 6.45) is 4.06. The number of aromatic nitrogens is 3. The number of benzene rings is 1. The number of hydrogen-bond donors (Lipinski definition) is 1. The summed E-state index contributed by atoms with van der Waals surface area (Å²) in [5, 5.41) is 11.5. The summed E-state index contributed by atoms with van der Waals surface area (Å²) in [6, 6.07) is 9.09. The summed E-state index contributed by atoms with van der Waals surface area (Å²) in [5.74, 6) is 1.03. The zero-order valence-corrected chi connectivity index (χ0v) is 19.1. The van der Waals surface area contributed by atoms with E-state index in [1.807, 2.05) is 11.5 Å². The van der Waals surface area contributed by atoms with Gasteiger partial charge in [0.2, 0.25) is 5.82 Å². The fraction of sp³-hybridized carbons (Fsp3) is 0.625. The number of aryl methyl sites for hydroxylation is 1. The number of nitrogens with zero attached hydrogens (tertiary/aromatic N) is 4. The third-order valence-corrected chi connectivity index (χ3v) is 6.91. The van der Waals surface area contributed by atoms with Crippen LogP contribution in [0.1, 0.15) is 67.6 Å². The van der Waals surface area contributed by atoms with Gasteiger partial charge in [-0.25, -0.2) is 0 Å². The molecule has 1 fully saturated rings. The first kappa shape index (κ1) is 22.0. The summed E-state index contributed by atoms with van der Waals surface area (Å²) in [7, 11) is 0. The van der Waals surface area contributed by atoms with Gasteiger partial charge in [0.1, 0.15) is 6.61 Å². The van der Waals surface area contributed by atoms with Gasteiger partial charge in [0.15, 0.2) is 5.82 Å². The predicted octanol–water partition coefficient (Wildman–Crippen LogP) is 3.18. The first-order valence-electron chi connectivity index (χ1n) is 11.6. The Labute approximate surface area is 185 Å². The number of carbonyl (C=O) groups is 1. The summed E-state index contributed by atoms with van der Waals surface area (Å²) < 4.78 is 8.02. The van der Waals surface area contributed by atoms with Crippen molar-refractivity contribution < 1.29 is 9.53 Å². The number of likely N-dealkylation sites (tertiary alicyclic amines) is 1. The molecule has 7 heteroatoms. The first-order chi connectivity index (χ1) is 15.0. The molecule has 0 bridgehead atoms. The minimum Gasteiger partial charge on any atom is -0.373 e. The van der Waals surface area contributed by atoms with Crippen LogP contribution >= 0.6 is 0 Å². The Kier molecular flexibility index (Phi) is 6.72. The van der Waals surface area contributed by atoms with Gasteiger partial charge in [-0.3, -0.25) is 9.69 Å². The molecule has 1 aromatic carbocycles. The number of carbonyl (C=O) groups excluding carboxylic acids is 1. The van der Waals surface area contributed by atoms with E-state index in [2.05, 4.69) is 58.5 Å². The van der Waals surface area contributed by atoms with E-state index in [4.69, 9.17) is 4.74 Å². The topological polar surface area (TPSA) is 72.3 Å². The number of rotatable bonds is 6. The van der Waals surface area contributed by atoms with E-state index in [1.165, 1.54) is 11.1 Å². The molecule has 3 heterocycles. The first-order valence-corrected chi connectivity index (χ1v) is 11.6. The smallest absolute Gasteiger partial charge is 0.289 e. The average molecular weight is 426 g/mol. The second kappa shape index (κ2) is 9.49. The van der Waals surface area contributed by atoms with Crippen LogP contribution in [0.25, 0.3) is 0 Å². The molecule has 1 aromatic heterocycles. The molecule has 0 aliphatic carbocycles. The van der Waals surface area contributed by atoms with Gasteiger partial charge >= 0.3 is 0 Å². The second-order valence-corrected chi connectivity index (χ2v) is 9.25. The maximum absolute atomic E-state index is 12.7. The fourth-order valence-electron chi connectivity index (χ4n) is 4.53. The molecular weight excluding hydrogens is 390 g/mol. The van der Waals surface area contributed by atoms with E-state index in [0.29, 0.717) is 19.0 Å². The van der Waals surface area contributed by atoms with Crippen LogP contribution in [0.4, 0.5) is 0 Å². The third kappa shape index (κ3) is 4.99. The number of nitrogens with one attached hydrogen (secondary N) is 1. The number of amides is 1. The van der Waals surface area contributed by atoms with Crippen molar-refractivity contribution in [2.45, 2.75) is 72.2 Å². The SMILES string of the molecule is CCc1ccc(CN2CCC3(CC2)COCc2nnc(C(=O)N[C@H](C)CC)n2C3)cc1. The van der Waals surface area contributed by atoms with E-state index in [-0.39, 0.29) is 17.4 Å². The Morgan fingerprint density at radius 3 is 2.55 bits per heavy atom. The molecule has 31 heavy (non-hydrogen) atoms. The van der Waals surface area contributed by atoms with Gasteiger partial charge in [-0.2, -0.15) is 0 Å². The van der Waals surface area contributed by atoms with Crippen LogP contribution in [0.2, 0.25) is 0 Å². The second-order valence-electron chi connectivity index (χ2n) is 9.25. The lowest BCUT2D eigenvalue weighted by molar-refractivity contribution is -0.00570. The molecule has 2 aliphatic rings. The quantitative estimate of drug-likeness (QED) is 0.770. The predicted molar refractivity (Wildman–Crippen MR) is 120 cm³/mol. The van der Waals surface area contributed by atoms with Crippen molar-refractivity contribution >= 4 is 5.91 Å². The van der Waals surface area contributed by atoms with E-state index in [9.17, 15) is 4.79 Å². The van der Waals surface area contributed by atoms with Crippen LogP contribution in [0, 0.1) is 5.41 Å². The van der Waals surface area contributed by atoms with E-state index in [1.54, 1.807) is 0 Å². The van der Waals surface area contributed by atoms with Gasteiger partial charge < -0.3 is 14.6 Å². The highest BCUT2D eigenvalue weighted by molar-refractivity contribution is 5.90. The molecule has 1 amide bonds. The number of piperidine rings is 1. The summed E-state index contributed by atoms with van der Waals surface area (Å²) in [5.41, 5.74) is 2.78. The molecule has 168 valence electrons. The number of ether oxygens (including phenoxy) is 1. The molecule has 2 aliphatic heterocycles. The summed E-state index contributed by atoms with van der Waals surface area (Å²) >= 11 is 0. The van der Waals surface area contributed by atoms with Gasteiger partial charge in [-0.15, -0.1) is 10.2 Å². The van der Waals surface area contributed by atoms with Crippen molar-refractivity contribution in [2.75, 3.05) is 19.7 Å². The minimum absolute atomic E-state index is 0.0294. The Morgan fingerprint density at radius 2 is 1.87 bits per heavy atom. The minimum atomic E-state index is -0.141. The fourth-order valence-corrected chi connectivity index (χ4v) is 4.53. The molecule has 1 spiro atoms. The monoisotopic (exact) mass is 425 g/mol. The molecule has 0 radical (unpaired) electrons. The zero-order chi connectivity index (χ0) is 21.8. The van der Waals surface area contributed by atoms with Crippen LogP contribution in [0.5, 0.6) is 0 Å². The van der Waals surface area contributed by atoms with Gasteiger partial charge in [-0.1, -0.05) is 38.1 Å². The van der Waals surface area contributed by atoms with Crippen molar-refractivity contribution in [1.82, 2.24) is 25.0 Å². The lowest BCUT2D eigenvalue weighted by atomic mass is 9.78. The molecule has 7 nitrogen and oxygen atoms in total. The highest BCUT2D eigenvalue weighted by Gasteiger charge is 2.39. The number of hydrogen-bond acceptors (Lipinski definition) is 5. The van der Waals surface area contributed by atoms with Crippen molar-refractivity contribution in [1.29, 1.82) is 0 Å². The Bertz CT molecular complexity index is 884. The summed E-state index contributed by atoms with van der Waals surface area (Å²) in [6.45, 7) is 11.2. The van der Waals surface area contributed by atoms with Crippen LogP contribution in [-0.4, -0.2) is 51.3 Å². The molecule has 2 aromatic rings. The Balaban J connectivity index is 1.42. The summed E-state index contributed by atoms with van der Waals surface area (Å²) in [4.78, 5) is 15.3. The Hall–Kier alpha value is -2.25. The Morgan fingerprint density at radius 1 is 1.16 bits per heavy atom. The zero-order valence-electron chi connectivity index (χ0n) is 19.1. The van der Waals surface area contributed by atoms with Crippen LogP contribution < -0.4 is 5.32 Å². The van der Waals surface area contributed by atoms with Crippen molar-refractivity contribution in [3.05, 3.63) is 47.0 Å². The van der Waals surface area contributed by atoms with Crippen molar-refractivity contribution in [3.63, 3.8) is 0 Å². The number of fused-ring (bicyclic) bond motifs is 1. The van der Waals surface area contributed by atoms with Crippen LogP contribution in [0.15, 0.2) is 24.3 Å². The molecule has 1 atom stereocenters. The maximum Gasteiger partial charge on any atom is 0.289 e. The molecule has 4 rings (SSSR count). The normalized spacial score (nSPS) is 19.6. The molecule has 1 saturated heterocycles.